The van der Waals surface area contributed by atoms with Gasteiger partial charge in [0.2, 0.25) is 0 Å². The van der Waals surface area contributed by atoms with Crippen LogP contribution in [0.3, 0.4) is 0 Å². The zero-order chi connectivity index (χ0) is 17.9. The minimum atomic E-state index is -3.61. The lowest BCUT2D eigenvalue weighted by Gasteiger charge is -2.17. The van der Waals surface area contributed by atoms with Crippen LogP contribution in [0.1, 0.15) is 5.56 Å². The van der Waals surface area contributed by atoms with Gasteiger partial charge in [-0.05, 0) is 17.7 Å². The molecule has 0 bridgehead atoms. The molecule has 0 N–H and O–H groups in total. The van der Waals surface area contributed by atoms with Gasteiger partial charge in [0.1, 0.15) is 0 Å². The van der Waals surface area contributed by atoms with E-state index in [2.05, 4.69) is 0 Å². The molecule has 5 nitrogen and oxygen atoms in total. The van der Waals surface area contributed by atoms with Crippen LogP contribution in [0.5, 0.6) is 0 Å². The van der Waals surface area contributed by atoms with Crippen molar-refractivity contribution >= 4 is 15.8 Å². The summed E-state index contributed by atoms with van der Waals surface area (Å²) in [5.74, 6) is -1.15. The van der Waals surface area contributed by atoms with E-state index >= 15 is 0 Å². The topological polar surface area (TPSA) is 63.7 Å². The third-order valence-electron chi connectivity index (χ3n) is 4.57. The van der Waals surface area contributed by atoms with E-state index in [0.29, 0.717) is 19.6 Å². The number of benzene rings is 2. The first-order valence-corrected chi connectivity index (χ1v) is 9.70. The maximum absolute atomic E-state index is 13.0. The summed E-state index contributed by atoms with van der Waals surface area (Å²) < 4.78 is 30.9. The molecular weight excluding hydrogens is 338 g/mol. The lowest BCUT2D eigenvalue weighted by molar-refractivity contribution is -0.144. The van der Waals surface area contributed by atoms with Gasteiger partial charge in [-0.1, -0.05) is 48.5 Å². The number of carbonyl (C=O) groups is 1. The van der Waals surface area contributed by atoms with E-state index in [9.17, 15) is 13.2 Å². The number of rotatable bonds is 5. The monoisotopic (exact) mass is 359 g/mol. The average molecular weight is 359 g/mol. The molecule has 0 radical (unpaired) electrons. The first-order chi connectivity index (χ1) is 12.0. The molecule has 0 amide bonds. The van der Waals surface area contributed by atoms with Crippen molar-refractivity contribution in [3.05, 3.63) is 66.2 Å². The van der Waals surface area contributed by atoms with Gasteiger partial charge in [0.05, 0.1) is 23.2 Å². The lowest BCUT2D eigenvalue weighted by Crippen LogP contribution is -2.34. The predicted octanol–water partition coefficient (Wildman–Crippen LogP) is 2.13. The Hall–Kier alpha value is -2.18. The summed E-state index contributed by atoms with van der Waals surface area (Å²) in [6, 6.07) is 18.1. The van der Waals surface area contributed by atoms with Crippen LogP contribution >= 0.6 is 0 Å². The average Bonchev–Trinajstić information content (AvgIpc) is 3.07. The molecule has 2 aromatic carbocycles. The van der Waals surface area contributed by atoms with Gasteiger partial charge in [-0.3, -0.25) is 9.69 Å². The van der Waals surface area contributed by atoms with E-state index < -0.39 is 27.0 Å². The molecule has 0 aliphatic carbocycles. The number of hydrogen-bond acceptors (Lipinski definition) is 5. The van der Waals surface area contributed by atoms with Gasteiger partial charge < -0.3 is 4.74 Å². The van der Waals surface area contributed by atoms with Crippen molar-refractivity contribution in [1.29, 1.82) is 0 Å². The summed E-state index contributed by atoms with van der Waals surface area (Å²) in [4.78, 5) is 14.4. The van der Waals surface area contributed by atoms with Gasteiger partial charge in [-0.25, -0.2) is 8.42 Å². The maximum atomic E-state index is 13.0. The predicted molar refractivity (Wildman–Crippen MR) is 94.6 cm³/mol. The number of nitrogens with zero attached hydrogens (tertiary/aromatic N) is 1. The second-order valence-electron chi connectivity index (χ2n) is 6.21. The van der Waals surface area contributed by atoms with E-state index in [1.54, 1.807) is 30.3 Å². The molecule has 1 saturated heterocycles. The number of ether oxygens (including phenoxy) is 1. The SMILES string of the molecule is COC(=O)[C@H]1CN(Cc2ccccc2)C[C@@H]1S(=O)(=O)c1ccccc1. The molecular formula is C19H21NO4S. The Bertz CT molecular complexity index is 821. The van der Waals surface area contributed by atoms with Crippen LogP contribution in [0.2, 0.25) is 0 Å². The summed E-state index contributed by atoms with van der Waals surface area (Å²) in [7, 11) is -2.31. The fourth-order valence-electron chi connectivity index (χ4n) is 3.30. The number of esters is 1. The molecule has 25 heavy (non-hydrogen) atoms. The highest BCUT2D eigenvalue weighted by molar-refractivity contribution is 7.92. The molecule has 0 saturated carbocycles. The Kier molecular flexibility index (Phi) is 5.20. The number of carbonyl (C=O) groups excluding carboxylic acids is 1. The molecule has 3 rings (SSSR count). The van der Waals surface area contributed by atoms with Crippen molar-refractivity contribution < 1.29 is 17.9 Å². The van der Waals surface area contributed by atoms with Gasteiger partial charge in [0.15, 0.2) is 9.84 Å². The zero-order valence-corrected chi connectivity index (χ0v) is 14.9. The molecule has 1 aliphatic heterocycles. The van der Waals surface area contributed by atoms with Gasteiger partial charge in [0, 0.05) is 19.6 Å². The van der Waals surface area contributed by atoms with Crippen LogP contribution < -0.4 is 0 Å². The molecule has 2 aromatic rings. The molecule has 6 heteroatoms. The zero-order valence-electron chi connectivity index (χ0n) is 14.0. The lowest BCUT2D eigenvalue weighted by atomic mass is 10.1. The van der Waals surface area contributed by atoms with Crippen molar-refractivity contribution in [3.8, 4) is 0 Å². The molecule has 0 spiro atoms. The number of hydrogen-bond donors (Lipinski definition) is 0. The van der Waals surface area contributed by atoms with Crippen molar-refractivity contribution in [2.75, 3.05) is 20.2 Å². The summed E-state index contributed by atoms with van der Waals surface area (Å²) in [6.07, 6.45) is 0. The highest BCUT2D eigenvalue weighted by Crippen LogP contribution is 2.30. The van der Waals surface area contributed by atoms with Crippen molar-refractivity contribution in [2.24, 2.45) is 5.92 Å². The Morgan fingerprint density at radius 3 is 2.24 bits per heavy atom. The van der Waals surface area contributed by atoms with Gasteiger partial charge >= 0.3 is 5.97 Å². The largest absolute Gasteiger partial charge is 0.469 e. The van der Waals surface area contributed by atoms with Gasteiger partial charge in [-0.15, -0.1) is 0 Å². The first-order valence-electron chi connectivity index (χ1n) is 8.15. The standard InChI is InChI=1S/C19H21NO4S/c1-24-19(21)17-13-20(12-15-8-4-2-5-9-15)14-18(17)25(22,23)16-10-6-3-7-11-16/h2-11,17-18H,12-14H2,1H3/t17-,18-/m0/s1. The normalized spacial score (nSPS) is 21.2. The highest BCUT2D eigenvalue weighted by atomic mass is 32.2. The minimum Gasteiger partial charge on any atom is -0.469 e. The third kappa shape index (κ3) is 3.75. The molecule has 1 aliphatic rings. The van der Waals surface area contributed by atoms with Crippen molar-refractivity contribution in [1.82, 2.24) is 4.90 Å². The third-order valence-corrected chi connectivity index (χ3v) is 6.77. The first kappa shape index (κ1) is 17.6. The van der Waals surface area contributed by atoms with Crippen molar-refractivity contribution in [2.45, 2.75) is 16.7 Å². The van der Waals surface area contributed by atoms with Gasteiger partial charge in [0.25, 0.3) is 0 Å². The number of likely N-dealkylation sites (tertiary alicyclic amines) is 1. The Morgan fingerprint density at radius 1 is 1.04 bits per heavy atom. The van der Waals surface area contributed by atoms with Gasteiger partial charge in [-0.2, -0.15) is 0 Å². The summed E-state index contributed by atoms with van der Waals surface area (Å²) >= 11 is 0. The van der Waals surface area contributed by atoms with E-state index in [1.807, 2.05) is 35.2 Å². The molecule has 0 unspecified atom stereocenters. The van der Waals surface area contributed by atoms with Crippen LogP contribution in [-0.2, 0) is 25.9 Å². The maximum Gasteiger partial charge on any atom is 0.311 e. The molecule has 132 valence electrons. The second kappa shape index (κ2) is 7.37. The van der Waals surface area contributed by atoms with E-state index in [4.69, 9.17) is 4.74 Å². The second-order valence-corrected chi connectivity index (χ2v) is 8.37. The van der Waals surface area contributed by atoms with Crippen LogP contribution in [0, 0.1) is 5.92 Å². The summed E-state index contributed by atoms with van der Waals surface area (Å²) in [5.41, 5.74) is 1.09. The molecule has 0 aromatic heterocycles. The fourth-order valence-corrected chi connectivity index (χ4v) is 5.22. The molecule has 2 atom stereocenters. The summed E-state index contributed by atoms with van der Waals surface area (Å²) in [6.45, 7) is 1.29. The summed E-state index contributed by atoms with van der Waals surface area (Å²) in [5, 5.41) is -0.800. The quantitative estimate of drug-likeness (QED) is 0.766. The Morgan fingerprint density at radius 2 is 1.64 bits per heavy atom. The minimum absolute atomic E-state index is 0.246. The van der Waals surface area contributed by atoms with Crippen LogP contribution in [0.4, 0.5) is 0 Å². The van der Waals surface area contributed by atoms with Crippen molar-refractivity contribution in [3.63, 3.8) is 0 Å². The van der Waals surface area contributed by atoms with E-state index in [0.717, 1.165) is 5.56 Å². The fraction of sp³-hybridized carbons (Fsp3) is 0.316. The van der Waals surface area contributed by atoms with E-state index in [-0.39, 0.29) is 4.90 Å². The number of sulfone groups is 1. The Balaban J connectivity index is 1.87. The highest BCUT2D eigenvalue weighted by Gasteiger charge is 2.46. The molecule has 1 heterocycles. The van der Waals surface area contributed by atoms with Crippen LogP contribution in [0.25, 0.3) is 0 Å². The van der Waals surface area contributed by atoms with Crippen LogP contribution in [-0.4, -0.2) is 44.7 Å². The van der Waals surface area contributed by atoms with Crippen LogP contribution in [0.15, 0.2) is 65.6 Å². The Labute approximate surface area is 148 Å². The molecule has 1 fully saturated rings. The van der Waals surface area contributed by atoms with E-state index in [1.165, 1.54) is 7.11 Å². The smallest absolute Gasteiger partial charge is 0.311 e. The number of methoxy groups -OCH3 is 1.